The number of H-pyrrole nitrogens is 1. The van der Waals surface area contributed by atoms with Gasteiger partial charge in [0.2, 0.25) is 5.91 Å². The number of carbonyl (C=O) groups is 2. The van der Waals surface area contributed by atoms with Gasteiger partial charge in [-0.2, -0.15) is 10.2 Å². The monoisotopic (exact) mass is 445 g/mol. The Bertz CT molecular complexity index is 1250. The lowest BCUT2D eigenvalue weighted by Gasteiger charge is -2.20. The standard InChI is InChI=1S/C24H27N7O2/c1-4-31-22-18(14-26-31)17(13-19(27-22)16-8-6-5-7-9-16)23(32)28-20(12-15(2)3)24(33)29-21-10-11-25-30-21/h5-11,13-15,20H,4,12H2,1-3H3,(H,28,32)(H2,25,29,30,33). The van der Waals surface area contributed by atoms with Crippen molar-refractivity contribution in [3.8, 4) is 11.3 Å². The molecule has 0 aliphatic carbocycles. The molecule has 1 unspecified atom stereocenters. The summed E-state index contributed by atoms with van der Waals surface area (Å²) >= 11 is 0. The average molecular weight is 446 g/mol. The molecule has 0 radical (unpaired) electrons. The van der Waals surface area contributed by atoms with E-state index in [9.17, 15) is 9.59 Å². The van der Waals surface area contributed by atoms with Crippen molar-refractivity contribution in [1.82, 2.24) is 30.3 Å². The fourth-order valence-electron chi connectivity index (χ4n) is 3.71. The summed E-state index contributed by atoms with van der Waals surface area (Å²) in [5, 5.41) is 17.3. The molecule has 0 saturated carbocycles. The molecule has 3 heterocycles. The van der Waals surface area contributed by atoms with E-state index in [4.69, 9.17) is 4.98 Å². The lowest BCUT2D eigenvalue weighted by atomic mass is 10.0. The first-order chi connectivity index (χ1) is 16.0. The van der Waals surface area contributed by atoms with E-state index < -0.39 is 6.04 Å². The number of pyridine rings is 1. The Labute approximate surface area is 191 Å². The van der Waals surface area contributed by atoms with E-state index in [1.165, 1.54) is 0 Å². The quantitative estimate of drug-likeness (QED) is 0.383. The molecule has 0 bridgehead atoms. The highest BCUT2D eigenvalue weighted by Gasteiger charge is 2.25. The number of hydrogen-bond donors (Lipinski definition) is 3. The predicted octanol–water partition coefficient (Wildman–Crippen LogP) is 3.62. The molecule has 3 N–H and O–H groups in total. The summed E-state index contributed by atoms with van der Waals surface area (Å²) in [6.07, 6.45) is 3.69. The highest BCUT2D eigenvalue weighted by molar-refractivity contribution is 6.08. The highest BCUT2D eigenvalue weighted by Crippen LogP contribution is 2.25. The van der Waals surface area contributed by atoms with Gasteiger partial charge in [-0.05, 0) is 25.3 Å². The van der Waals surface area contributed by atoms with Crippen molar-refractivity contribution in [1.29, 1.82) is 0 Å². The van der Waals surface area contributed by atoms with Crippen molar-refractivity contribution >= 4 is 28.7 Å². The van der Waals surface area contributed by atoms with E-state index in [0.29, 0.717) is 41.1 Å². The fraction of sp³-hybridized carbons (Fsp3) is 0.292. The number of nitrogens with zero attached hydrogens (tertiary/aromatic N) is 4. The van der Waals surface area contributed by atoms with Gasteiger partial charge in [-0.1, -0.05) is 44.2 Å². The molecule has 170 valence electrons. The Morgan fingerprint density at radius 2 is 1.94 bits per heavy atom. The van der Waals surface area contributed by atoms with Crippen molar-refractivity contribution in [2.24, 2.45) is 5.92 Å². The molecule has 4 rings (SSSR count). The summed E-state index contributed by atoms with van der Waals surface area (Å²) in [5.41, 5.74) is 2.63. The maximum Gasteiger partial charge on any atom is 0.252 e. The Kier molecular flexibility index (Phi) is 6.48. The number of amides is 2. The maximum atomic E-state index is 13.5. The third kappa shape index (κ3) is 4.92. The van der Waals surface area contributed by atoms with Crippen LogP contribution in [0, 0.1) is 5.92 Å². The van der Waals surface area contributed by atoms with Crippen molar-refractivity contribution in [2.45, 2.75) is 39.8 Å². The van der Waals surface area contributed by atoms with Crippen molar-refractivity contribution in [3.05, 3.63) is 60.4 Å². The second kappa shape index (κ2) is 9.64. The van der Waals surface area contributed by atoms with E-state index in [1.807, 2.05) is 51.1 Å². The number of anilines is 1. The van der Waals surface area contributed by atoms with Gasteiger partial charge in [-0.3, -0.25) is 14.7 Å². The summed E-state index contributed by atoms with van der Waals surface area (Å²) < 4.78 is 1.76. The second-order valence-corrected chi connectivity index (χ2v) is 8.23. The molecule has 9 nitrogen and oxygen atoms in total. The Morgan fingerprint density at radius 1 is 1.15 bits per heavy atom. The van der Waals surface area contributed by atoms with E-state index in [-0.39, 0.29) is 17.7 Å². The highest BCUT2D eigenvalue weighted by atomic mass is 16.2. The van der Waals surface area contributed by atoms with E-state index in [1.54, 1.807) is 29.2 Å². The number of aromatic amines is 1. The number of aromatic nitrogens is 5. The summed E-state index contributed by atoms with van der Waals surface area (Å²) in [7, 11) is 0. The minimum absolute atomic E-state index is 0.197. The topological polar surface area (TPSA) is 118 Å². The Hall–Kier alpha value is -4.01. The zero-order valence-electron chi connectivity index (χ0n) is 18.9. The largest absolute Gasteiger partial charge is 0.340 e. The van der Waals surface area contributed by atoms with Gasteiger partial charge in [0.05, 0.1) is 29.0 Å². The van der Waals surface area contributed by atoms with Crippen LogP contribution in [0.15, 0.2) is 54.9 Å². The molecule has 9 heteroatoms. The van der Waals surface area contributed by atoms with Crippen LogP contribution in [-0.2, 0) is 11.3 Å². The van der Waals surface area contributed by atoms with Crippen molar-refractivity contribution in [2.75, 3.05) is 5.32 Å². The van der Waals surface area contributed by atoms with Gasteiger partial charge in [0.1, 0.15) is 11.9 Å². The minimum atomic E-state index is -0.717. The molecule has 3 aromatic heterocycles. The summed E-state index contributed by atoms with van der Waals surface area (Å²) in [5.74, 6) is 0.0210. The lowest BCUT2D eigenvalue weighted by Crippen LogP contribution is -2.44. The Morgan fingerprint density at radius 3 is 2.61 bits per heavy atom. The number of carbonyl (C=O) groups excluding carboxylic acids is 2. The van der Waals surface area contributed by atoms with Gasteiger partial charge in [0, 0.05) is 18.2 Å². The number of aryl methyl sites for hydroxylation is 1. The van der Waals surface area contributed by atoms with Crippen molar-refractivity contribution in [3.63, 3.8) is 0 Å². The molecule has 0 spiro atoms. The van der Waals surface area contributed by atoms with E-state index in [0.717, 1.165) is 5.56 Å². The van der Waals surface area contributed by atoms with Crippen LogP contribution in [0.25, 0.3) is 22.3 Å². The van der Waals surface area contributed by atoms with Gasteiger partial charge >= 0.3 is 0 Å². The maximum absolute atomic E-state index is 13.5. The van der Waals surface area contributed by atoms with Crippen LogP contribution < -0.4 is 10.6 Å². The van der Waals surface area contributed by atoms with Crippen LogP contribution in [0.5, 0.6) is 0 Å². The first-order valence-electron chi connectivity index (χ1n) is 11.0. The summed E-state index contributed by atoms with van der Waals surface area (Å²) in [6.45, 7) is 6.61. The third-order valence-corrected chi connectivity index (χ3v) is 5.31. The molecule has 1 atom stereocenters. The third-order valence-electron chi connectivity index (χ3n) is 5.31. The average Bonchev–Trinajstić information content (AvgIpc) is 3.47. The molecule has 0 aliphatic rings. The molecule has 0 fully saturated rings. The number of fused-ring (bicyclic) bond motifs is 1. The molecule has 0 saturated heterocycles. The van der Waals surface area contributed by atoms with Gasteiger partial charge in [-0.15, -0.1) is 0 Å². The Balaban J connectivity index is 1.69. The molecule has 4 aromatic rings. The molecule has 1 aromatic carbocycles. The smallest absolute Gasteiger partial charge is 0.252 e. The van der Waals surface area contributed by atoms with Crippen LogP contribution in [0.3, 0.4) is 0 Å². The second-order valence-electron chi connectivity index (χ2n) is 8.23. The van der Waals surface area contributed by atoms with Crippen LogP contribution in [0.1, 0.15) is 37.6 Å². The fourth-order valence-corrected chi connectivity index (χ4v) is 3.71. The van der Waals surface area contributed by atoms with Gasteiger partial charge in [0.25, 0.3) is 5.91 Å². The molecular weight excluding hydrogens is 418 g/mol. The van der Waals surface area contributed by atoms with Crippen LogP contribution >= 0.6 is 0 Å². The van der Waals surface area contributed by atoms with E-state index in [2.05, 4.69) is 25.9 Å². The number of benzene rings is 1. The molecule has 0 aliphatic heterocycles. The molecule has 33 heavy (non-hydrogen) atoms. The normalized spacial score (nSPS) is 12.1. The predicted molar refractivity (Wildman–Crippen MR) is 127 cm³/mol. The van der Waals surface area contributed by atoms with Gasteiger partial charge < -0.3 is 10.6 Å². The number of hydrogen-bond acceptors (Lipinski definition) is 5. The van der Waals surface area contributed by atoms with Crippen LogP contribution in [0.2, 0.25) is 0 Å². The summed E-state index contributed by atoms with van der Waals surface area (Å²) in [6, 6.07) is 12.4. The summed E-state index contributed by atoms with van der Waals surface area (Å²) in [4.78, 5) is 31.1. The van der Waals surface area contributed by atoms with Crippen molar-refractivity contribution < 1.29 is 9.59 Å². The van der Waals surface area contributed by atoms with Crippen LogP contribution in [-0.4, -0.2) is 42.8 Å². The van der Waals surface area contributed by atoms with Gasteiger partial charge in [-0.25, -0.2) is 9.67 Å². The SMILES string of the molecule is CCn1ncc2c(C(=O)NC(CC(C)C)C(=O)Nc3ccn[nH]3)cc(-c3ccccc3)nc21. The van der Waals surface area contributed by atoms with E-state index >= 15 is 0 Å². The minimum Gasteiger partial charge on any atom is -0.340 e. The van der Waals surface area contributed by atoms with Gasteiger partial charge in [0.15, 0.2) is 5.65 Å². The lowest BCUT2D eigenvalue weighted by molar-refractivity contribution is -0.118. The number of nitrogens with one attached hydrogen (secondary N) is 3. The first kappa shape index (κ1) is 22.2. The number of rotatable bonds is 8. The zero-order valence-corrected chi connectivity index (χ0v) is 18.9. The first-order valence-corrected chi connectivity index (χ1v) is 11.0. The zero-order chi connectivity index (χ0) is 23.4. The van der Waals surface area contributed by atoms with Crippen LogP contribution in [0.4, 0.5) is 5.82 Å². The molecule has 2 amide bonds. The molecular formula is C24H27N7O2.